The molecule has 0 amide bonds. The van der Waals surface area contributed by atoms with Crippen molar-refractivity contribution in [2.75, 3.05) is 0 Å². The lowest BCUT2D eigenvalue weighted by Crippen LogP contribution is -2.31. The van der Waals surface area contributed by atoms with Gasteiger partial charge in [-0.1, -0.05) is 11.6 Å². The van der Waals surface area contributed by atoms with E-state index in [4.69, 9.17) is 25.5 Å². The van der Waals surface area contributed by atoms with Gasteiger partial charge in [-0.15, -0.1) is 15.3 Å². The second-order valence-corrected chi connectivity index (χ2v) is 12.2. The number of carbonyl (C=O) groups is 1. The van der Waals surface area contributed by atoms with Gasteiger partial charge in [0.15, 0.2) is 5.82 Å². The van der Waals surface area contributed by atoms with Crippen LogP contribution >= 0.6 is 23.1 Å². The number of halogens is 1. The number of hydrogen-bond donors (Lipinski definition) is 0. The standard InChI is InChI=1S/C27H29ClN6O3S/c1-27(2,3)36-26(35)37-33-14-18-12-19(28)8-9-21(18)34-23(15-33)30-31-25(34)17-6-4-16(5-7-17)24-20-10-11-29-13-22(20)38-32-24/h8-13,16-17H,4-7,14-15H2,1-3H3/t16-,17-. The molecule has 0 bridgehead atoms. The summed E-state index contributed by atoms with van der Waals surface area (Å²) in [6, 6.07) is 7.84. The summed E-state index contributed by atoms with van der Waals surface area (Å²) in [6.45, 7) is 6.05. The van der Waals surface area contributed by atoms with Gasteiger partial charge in [0.2, 0.25) is 0 Å². The normalized spacial score (nSPS) is 20.0. The Bertz CT molecular complexity index is 1490. The highest BCUT2D eigenvalue weighted by molar-refractivity contribution is 7.13. The Balaban J connectivity index is 1.26. The van der Waals surface area contributed by atoms with Gasteiger partial charge in [0.1, 0.15) is 11.4 Å². The number of aromatic nitrogens is 5. The van der Waals surface area contributed by atoms with Crippen molar-refractivity contribution >= 4 is 39.4 Å². The van der Waals surface area contributed by atoms with Crippen LogP contribution in [0, 0.1) is 0 Å². The van der Waals surface area contributed by atoms with Crippen LogP contribution in [-0.2, 0) is 22.7 Å². The maximum Gasteiger partial charge on any atom is 0.528 e. The van der Waals surface area contributed by atoms with E-state index in [2.05, 4.69) is 25.8 Å². The van der Waals surface area contributed by atoms with Crippen LogP contribution in [0.2, 0.25) is 5.02 Å². The summed E-state index contributed by atoms with van der Waals surface area (Å²) in [6.07, 6.45) is 7.05. The summed E-state index contributed by atoms with van der Waals surface area (Å²) >= 11 is 7.89. The molecule has 0 unspecified atom stereocenters. The third-order valence-electron chi connectivity index (χ3n) is 7.08. The molecule has 11 heteroatoms. The number of benzene rings is 1. The predicted octanol–water partition coefficient (Wildman–Crippen LogP) is 6.55. The molecule has 0 radical (unpaired) electrons. The molecule has 1 saturated carbocycles. The number of pyridine rings is 1. The average Bonchev–Trinajstić information content (AvgIpc) is 3.44. The van der Waals surface area contributed by atoms with Crippen molar-refractivity contribution in [3.05, 3.63) is 64.6 Å². The highest BCUT2D eigenvalue weighted by atomic mass is 35.5. The maximum absolute atomic E-state index is 12.4. The molecule has 2 aliphatic rings. The van der Waals surface area contributed by atoms with Crippen molar-refractivity contribution in [1.82, 2.24) is 29.2 Å². The fourth-order valence-corrected chi connectivity index (χ4v) is 6.45. The van der Waals surface area contributed by atoms with E-state index in [1.165, 1.54) is 22.6 Å². The number of fused-ring (bicyclic) bond motifs is 4. The predicted molar refractivity (Wildman–Crippen MR) is 144 cm³/mol. The minimum Gasteiger partial charge on any atom is -0.427 e. The van der Waals surface area contributed by atoms with Crippen LogP contribution < -0.4 is 0 Å². The summed E-state index contributed by atoms with van der Waals surface area (Å²) in [5.41, 5.74) is 2.43. The van der Waals surface area contributed by atoms with Crippen LogP contribution in [-0.4, -0.2) is 40.9 Å². The van der Waals surface area contributed by atoms with Gasteiger partial charge in [-0.25, -0.2) is 4.79 Å². The van der Waals surface area contributed by atoms with Gasteiger partial charge < -0.3 is 9.57 Å². The molecule has 6 rings (SSSR count). The Morgan fingerprint density at radius 3 is 2.66 bits per heavy atom. The molecule has 1 aromatic carbocycles. The van der Waals surface area contributed by atoms with Crippen LogP contribution in [0.4, 0.5) is 4.79 Å². The van der Waals surface area contributed by atoms with Crippen molar-refractivity contribution in [2.45, 2.75) is 77.0 Å². The smallest absolute Gasteiger partial charge is 0.427 e. The summed E-state index contributed by atoms with van der Waals surface area (Å²) in [5, 5.41) is 12.6. The third kappa shape index (κ3) is 5.00. The SMILES string of the molecule is CC(C)(C)OC(=O)ON1Cc2cc(Cl)ccc2-n2c(nnc2[C@H]2CC[C@H](c3nsc4cnccc43)CC2)C1. The molecule has 3 aromatic heterocycles. The molecule has 0 N–H and O–H groups in total. The summed E-state index contributed by atoms with van der Waals surface area (Å²) in [7, 11) is 0. The van der Waals surface area contributed by atoms with Crippen molar-refractivity contribution in [1.29, 1.82) is 0 Å². The van der Waals surface area contributed by atoms with E-state index in [9.17, 15) is 4.79 Å². The molecule has 1 aliphatic heterocycles. The van der Waals surface area contributed by atoms with Gasteiger partial charge in [0, 0.05) is 34.6 Å². The highest BCUT2D eigenvalue weighted by Crippen LogP contribution is 2.43. The molecule has 1 aliphatic carbocycles. The maximum atomic E-state index is 12.4. The van der Waals surface area contributed by atoms with Crippen LogP contribution in [0.5, 0.6) is 0 Å². The van der Waals surface area contributed by atoms with E-state index in [1.807, 2.05) is 30.6 Å². The molecule has 198 valence electrons. The first-order valence-corrected chi connectivity index (χ1v) is 14.0. The molecule has 9 nitrogen and oxygen atoms in total. The number of rotatable bonds is 3. The third-order valence-corrected chi connectivity index (χ3v) is 8.12. The minimum atomic E-state index is -0.752. The lowest BCUT2D eigenvalue weighted by Gasteiger charge is -2.27. The van der Waals surface area contributed by atoms with Gasteiger partial charge in [-0.2, -0.15) is 4.37 Å². The quantitative estimate of drug-likeness (QED) is 0.264. The summed E-state index contributed by atoms with van der Waals surface area (Å²) in [5.74, 6) is 2.34. The van der Waals surface area contributed by atoms with Gasteiger partial charge in [0.25, 0.3) is 0 Å². The monoisotopic (exact) mass is 552 g/mol. The van der Waals surface area contributed by atoms with E-state index < -0.39 is 11.8 Å². The highest BCUT2D eigenvalue weighted by Gasteiger charge is 2.33. The first-order chi connectivity index (χ1) is 18.2. The number of ether oxygens (including phenoxy) is 1. The van der Waals surface area contributed by atoms with E-state index >= 15 is 0 Å². The Labute approximate surface area is 229 Å². The van der Waals surface area contributed by atoms with E-state index in [0.29, 0.717) is 23.3 Å². The Hall–Kier alpha value is -3.08. The molecule has 38 heavy (non-hydrogen) atoms. The van der Waals surface area contributed by atoms with E-state index in [1.54, 1.807) is 25.8 Å². The molecule has 0 spiro atoms. The lowest BCUT2D eigenvalue weighted by molar-refractivity contribution is -0.155. The van der Waals surface area contributed by atoms with Crippen LogP contribution in [0.15, 0.2) is 36.7 Å². The Morgan fingerprint density at radius 1 is 1.08 bits per heavy atom. The topological polar surface area (TPSA) is 95.3 Å². The van der Waals surface area contributed by atoms with Gasteiger partial charge in [0.05, 0.1) is 29.2 Å². The van der Waals surface area contributed by atoms with Crippen LogP contribution in [0.1, 0.15) is 81.2 Å². The lowest BCUT2D eigenvalue weighted by atomic mass is 9.79. The summed E-state index contributed by atoms with van der Waals surface area (Å²) < 4.78 is 13.4. The number of carbonyl (C=O) groups excluding carboxylic acids is 1. The zero-order valence-electron chi connectivity index (χ0n) is 21.6. The molecular formula is C27H29ClN6O3S. The van der Waals surface area contributed by atoms with Gasteiger partial charge in [-0.3, -0.25) is 9.55 Å². The average molecular weight is 553 g/mol. The van der Waals surface area contributed by atoms with Crippen LogP contribution in [0.3, 0.4) is 0 Å². The first-order valence-electron chi connectivity index (χ1n) is 12.8. The van der Waals surface area contributed by atoms with E-state index in [0.717, 1.165) is 47.5 Å². The minimum absolute atomic E-state index is 0.265. The number of hydroxylamine groups is 2. The van der Waals surface area contributed by atoms with Gasteiger partial charge >= 0.3 is 6.16 Å². The van der Waals surface area contributed by atoms with Crippen LogP contribution in [0.25, 0.3) is 15.8 Å². The summed E-state index contributed by atoms with van der Waals surface area (Å²) in [4.78, 5) is 22.2. The zero-order valence-corrected chi connectivity index (χ0v) is 23.1. The largest absolute Gasteiger partial charge is 0.528 e. The van der Waals surface area contributed by atoms with Crippen molar-refractivity contribution in [3.8, 4) is 5.69 Å². The Kier molecular flexibility index (Phi) is 6.57. The number of nitrogens with zero attached hydrogens (tertiary/aromatic N) is 6. The first kappa shape index (κ1) is 25.2. The fraction of sp³-hybridized carbons (Fsp3) is 0.444. The molecule has 1 fully saturated rings. The van der Waals surface area contributed by atoms with Crippen molar-refractivity contribution in [3.63, 3.8) is 0 Å². The fourth-order valence-electron chi connectivity index (χ4n) is 5.43. The second kappa shape index (κ2) is 9.91. The molecular weight excluding hydrogens is 524 g/mol. The second-order valence-electron chi connectivity index (χ2n) is 10.9. The molecule has 4 aromatic rings. The molecule has 0 atom stereocenters. The number of hydrogen-bond acceptors (Lipinski definition) is 9. The van der Waals surface area contributed by atoms with E-state index in [-0.39, 0.29) is 12.5 Å². The van der Waals surface area contributed by atoms with Crippen molar-refractivity contribution < 1.29 is 14.4 Å². The Morgan fingerprint density at radius 2 is 1.87 bits per heavy atom. The van der Waals surface area contributed by atoms with Crippen molar-refractivity contribution in [2.24, 2.45) is 0 Å². The molecule has 4 heterocycles. The van der Waals surface area contributed by atoms with Gasteiger partial charge in [-0.05, 0) is 87.8 Å². The zero-order chi connectivity index (χ0) is 26.4. The molecule has 0 saturated heterocycles.